The van der Waals surface area contributed by atoms with Gasteiger partial charge in [-0.25, -0.2) is 4.79 Å². The largest absolute Gasteiger partial charge is 0.459 e. The van der Waals surface area contributed by atoms with Crippen molar-refractivity contribution in [3.8, 4) is 11.1 Å². The Morgan fingerprint density at radius 2 is 1.91 bits per heavy atom. The van der Waals surface area contributed by atoms with E-state index in [0.717, 1.165) is 11.1 Å². The van der Waals surface area contributed by atoms with Gasteiger partial charge in [0.15, 0.2) is 0 Å². The molecule has 0 unspecified atom stereocenters. The summed E-state index contributed by atoms with van der Waals surface area (Å²) < 4.78 is 6.66. The van der Waals surface area contributed by atoms with Crippen LogP contribution in [0.5, 0.6) is 0 Å². The summed E-state index contributed by atoms with van der Waals surface area (Å²) >= 11 is 0. The minimum absolute atomic E-state index is 0.206. The van der Waals surface area contributed by atoms with Crippen LogP contribution in [0.1, 0.15) is 16.1 Å². The highest BCUT2D eigenvalue weighted by Crippen LogP contribution is 2.31. The molecule has 114 valence electrons. The highest BCUT2D eigenvalue weighted by atomic mass is 16.5. The van der Waals surface area contributed by atoms with Gasteiger partial charge in [0.05, 0.1) is 6.54 Å². The van der Waals surface area contributed by atoms with Crippen LogP contribution in [-0.2, 0) is 11.3 Å². The molecule has 0 spiro atoms. The number of aryl methyl sites for hydroxylation is 1. The molecule has 3 aromatic rings. The van der Waals surface area contributed by atoms with Crippen molar-refractivity contribution in [2.24, 2.45) is 0 Å². The smallest absolute Gasteiger partial charge is 0.355 e. The lowest BCUT2D eigenvalue weighted by molar-refractivity contribution is 0.0419. The average Bonchev–Trinajstić information content (AvgIpc) is 2.57. The number of hydrogen-bond donors (Lipinski definition) is 0. The monoisotopic (exact) mass is 306 g/mol. The standard InChI is InChI=1S/C18H14N2O3/c1-11-4-6-12(7-5-11)14-13-3-2-8-19-15(13)17(21)20-9-10-23-18(22)16(14)20/h2-8H,9-10H2,1H3. The van der Waals surface area contributed by atoms with Gasteiger partial charge in [-0.1, -0.05) is 35.9 Å². The van der Waals surface area contributed by atoms with Crippen molar-refractivity contribution in [3.05, 3.63) is 64.2 Å². The van der Waals surface area contributed by atoms with E-state index in [1.54, 1.807) is 12.3 Å². The number of pyridine rings is 2. The zero-order chi connectivity index (χ0) is 16.0. The molecule has 0 saturated carbocycles. The van der Waals surface area contributed by atoms with E-state index in [0.29, 0.717) is 28.7 Å². The van der Waals surface area contributed by atoms with Crippen molar-refractivity contribution in [2.45, 2.75) is 13.5 Å². The fraction of sp³-hybridized carbons (Fsp3) is 0.167. The first-order chi connectivity index (χ1) is 11.2. The maximum absolute atomic E-state index is 12.6. The summed E-state index contributed by atoms with van der Waals surface area (Å²) in [6.07, 6.45) is 1.59. The molecule has 1 aromatic carbocycles. The number of aromatic nitrogens is 2. The summed E-state index contributed by atoms with van der Waals surface area (Å²) in [7, 11) is 0. The first kappa shape index (κ1) is 13.7. The van der Waals surface area contributed by atoms with Gasteiger partial charge in [-0.2, -0.15) is 0 Å². The second-order valence-electron chi connectivity index (χ2n) is 5.58. The van der Waals surface area contributed by atoms with Crippen molar-refractivity contribution >= 4 is 16.9 Å². The summed E-state index contributed by atoms with van der Waals surface area (Å²) in [5, 5.41) is 0.673. The molecule has 0 atom stereocenters. The highest BCUT2D eigenvalue weighted by Gasteiger charge is 2.27. The third-order valence-corrected chi connectivity index (χ3v) is 4.11. The summed E-state index contributed by atoms with van der Waals surface area (Å²) in [6.45, 7) is 2.56. The Morgan fingerprint density at radius 3 is 2.70 bits per heavy atom. The Labute approximate surface area is 132 Å². The molecule has 23 heavy (non-hydrogen) atoms. The van der Waals surface area contributed by atoms with Crippen molar-refractivity contribution < 1.29 is 9.53 Å². The Morgan fingerprint density at radius 1 is 1.13 bits per heavy atom. The van der Waals surface area contributed by atoms with E-state index in [1.165, 1.54) is 4.57 Å². The Bertz CT molecular complexity index is 988. The van der Waals surface area contributed by atoms with Gasteiger partial charge in [0.25, 0.3) is 5.56 Å². The van der Waals surface area contributed by atoms with E-state index in [-0.39, 0.29) is 12.2 Å². The van der Waals surface area contributed by atoms with Crippen LogP contribution in [0, 0.1) is 6.92 Å². The van der Waals surface area contributed by atoms with Gasteiger partial charge in [-0.3, -0.25) is 14.3 Å². The van der Waals surface area contributed by atoms with Crippen LogP contribution in [0.2, 0.25) is 0 Å². The van der Waals surface area contributed by atoms with Gasteiger partial charge < -0.3 is 4.74 Å². The lowest BCUT2D eigenvalue weighted by Crippen LogP contribution is -2.34. The minimum Gasteiger partial charge on any atom is -0.459 e. The molecule has 4 rings (SSSR count). The highest BCUT2D eigenvalue weighted by molar-refractivity contribution is 6.06. The molecule has 1 aliphatic rings. The van der Waals surface area contributed by atoms with Crippen LogP contribution in [0.3, 0.4) is 0 Å². The van der Waals surface area contributed by atoms with E-state index in [4.69, 9.17) is 4.74 Å². The van der Waals surface area contributed by atoms with Crippen LogP contribution in [0.15, 0.2) is 47.4 Å². The molecule has 0 radical (unpaired) electrons. The van der Waals surface area contributed by atoms with Crippen molar-refractivity contribution in [1.29, 1.82) is 0 Å². The lowest BCUT2D eigenvalue weighted by atomic mass is 9.97. The predicted octanol–water partition coefficient (Wildman–Crippen LogP) is 2.54. The Balaban J connectivity index is 2.19. The number of hydrogen-bond acceptors (Lipinski definition) is 4. The van der Waals surface area contributed by atoms with Gasteiger partial charge >= 0.3 is 5.97 Å². The molecule has 2 aromatic heterocycles. The maximum atomic E-state index is 12.6. The van der Waals surface area contributed by atoms with Gasteiger partial charge in [-0.15, -0.1) is 0 Å². The molecule has 0 aliphatic carbocycles. The van der Waals surface area contributed by atoms with E-state index >= 15 is 0 Å². The molecule has 0 fully saturated rings. The van der Waals surface area contributed by atoms with Crippen LogP contribution < -0.4 is 5.56 Å². The van der Waals surface area contributed by atoms with E-state index in [9.17, 15) is 9.59 Å². The first-order valence-corrected chi connectivity index (χ1v) is 7.42. The third-order valence-electron chi connectivity index (χ3n) is 4.11. The molecule has 0 N–H and O–H groups in total. The summed E-state index contributed by atoms with van der Waals surface area (Å²) in [5.41, 5.74) is 3.14. The van der Waals surface area contributed by atoms with Crippen LogP contribution >= 0.6 is 0 Å². The number of ether oxygens (including phenoxy) is 1. The van der Waals surface area contributed by atoms with Gasteiger partial charge in [-0.05, 0) is 18.6 Å². The molecule has 3 heterocycles. The first-order valence-electron chi connectivity index (χ1n) is 7.42. The van der Waals surface area contributed by atoms with Crippen molar-refractivity contribution in [1.82, 2.24) is 9.55 Å². The number of fused-ring (bicyclic) bond motifs is 2. The molecule has 1 aliphatic heterocycles. The van der Waals surface area contributed by atoms with Crippen molar-refractivity contribution in [3.63, 3.8) is 0 Å². The summed E-state index contributed by atoms with van der Waals surface area (Å²) in [5.74, 6) is -0.463. The molecular formula is C18H14N2O3. The van der Waals surface area contributed by atoms with Gasteiger partial charge in [0.2, 0.25) is 0 Å². The summed E-state index contributed by atoms with van der Waals surface area (Å²) in [6, 6.07) is 11.4. The van der Waals surface area contributed by atoms with Gasteiger partial charge in [0, 0.05) is 17.1 Å². The quantitative estimate of drug-likeness (QED) is 0.648. The number of carbonyl (C=O) groups excluding carboxylic acids is 1. The van der Waals surface area contributed by atoms with E-state index in [2.05, 4.69) is 4.98 Å². The SMILES string of the molecule is Cc1ccc(-c2c3n(c(=O)c4ncccc24)CCOC3=O)cc1. The normalized spacial score (nSPS) is 13.7. The number of esters is 1. The minimum atomic E-state index is -0.463. The fourth-order valence-corrected chi connectivity index (χ4v) is 3.01. The second kappa shape index (κ2) is 5.05. The predicted molar refractivity (Wildman–Crippen MR) is 86.5 cm³/mol. The second-order valence-corrected chi connectivity index (χ2v) is 5.58. The molecule has 5 heteroatoms. The molecule has 5 nitrogen and oxygen atoms in total. The lowest BCUT2D eigenvalue weighted by Gasteiger charge is -2.22. The maximum Gasteiger partial charge on any atom is 0.355 e. The Hall–Kier alpha value is -2.95. The van der Waals surface area contributed by atoms with Gasteiger partial charge in [0.1, 0.15) is 17.8 Å². The number of benzene rings is 1. The average molecular weight is 306 g/mol. The van der Waals surface area contributed by atoms with Crippen molar-refractivity contribution in [2.75, 3.05) is 6.61 Å². The number of rotatable bonds is 1. The molecular weight excluding hydrogens is 292 g/mol. The molecule has 0 bridgehead atoms. The van der Waals surface area contributed by atoms with Crippen LogP contribution in [-0.4, -0.2) is 22.1 Å². The zero-order valence-electron chi connectivity index (χ0n) is 12.6. The summed E-state index contributed by atoms with van der Waals surface area (Å²) in [4.78, 5) is 29.2. The third kappa shape index (κ3) is 2.04. The van der Waals surface area contributed by atoms with Crippen LogP contribution in [0.4, 0.5) is 0 Å². The van der Waals surface area contributed by atoms with Crippen LogP contribution in [0.25, 0.3) is 22.0 Å². The van der Waals surface area contributed by atoms with E-state index < -0.39 is 5.97 Å². The topological polar surface area (TPSA) is 61.2 Å². The number of carbonyl (C=O) groups is 1. The number of nitrogens with zero attached hydrogens (tertiary/aromatic N) is 2. The Kier molecular flexibility index (Phi) is 3.01. The number of cyclic esters (lactones) is 1. The zero-order valence-corrected chi connectivity index (χ0v) is 12.6. The molecule has 0 amide bonds. The fourth-order valence-electron chi connectivity index (χ4n) is 3.01. The molecule has 0 saturated heterocycles. The van der Waals surface area contributed by atoms with E-state index in [1.807, 2.05) is 37.3 Å².